The van der Waals surface area contributed by atoms with Crippen LogP contribution < -0.4 is 10.6 Å². The fourth-order valence-electron chi connectivity index (χ4n) is 3.03. The van der Waals surface area contributed by atoms with E-state index in [0.29, 0.717) is 0 Å². The van der Waals surface area contributed by atoms with Crippen LogP contribution >= 0.6 is 0 Å². The van der Waals surface area contributed by atoms with E-state index < -0.39 is 0 Å². The minimum absolute atomic E-state index is 0.120. The molecule has 0 aromatic heterocycles. The summed E-state index contributed by atoms with van der Waals surface area (Å²) in [5.41, 5.74) is 8.70. The Morgan fingerprint density at radius 3 is 2.56 bits per heavy atom. The molecule has 1 fully saturated rings. The molecule has 0 radical (unpaired) electrons. The van der Waals surface area contributed by atoms with Gasteiger partial charge in [0, 0.05) is 24.8 Å². The summed E-state index contributed by atoms with van der Waals surface area (Å²) >= 11 is 0. The van der Waals surface area contributed by atoms with Crippen molar-refractivity contribution in [2.24, 2.45) is 11.7 Å². The maximum Gasteiger partial charge on any atom is 0.0414 e. The highest BCUT2D eigenvalue weighted by atomic mass is 15.1. The van der Waals surface area contributed by atoms with Crippen molar-refractivity contribution in [1.29, 1.82) is 0 Å². The summed E-state index contributed by atoms with van der Waals surface area (Å²) in [5.74, 6) is 0.939. The lowest BCUT2D eigenvalue weighted by Gasteiger charge is -2.35. The van der Waals surface area contributed by atoms with Crippen LogP contribution in [-0.2, 0) is 0 Å². The Morgan fingerprint density at radius 2 is 1.94 bits per heavy atom. The van der Waals surface area contributed by atoms with Gasteiger partial charge in [-0.15, -0.1) is 0 Å². The van der Waals surface area contributed by atoms with Crippen molar-refractivity contribution in [3.8, 4) is 0 Å². The van der Waals surface area contributed by atoms with Gasteiger partial charge in [0.05, 0.1) is 0 Å². The number of anilines is 1. The first kappa shape index (κ1) is 13.4. The summed E-state index contributed by atoms with van der Waals surface area (Å²) in [5, 5.41) is 0. The number of benzene rings is 1. The predicted octanol–water partition coefficient (Wildman–Crippen LogP) is 3.72. The molecule has 100 valence electrons. The van der Waals surface area contributed by atoms with Crippen molar-refractivity contribution in [2.75, 3.05) is 18.0 Å². The Kier molecular flexibility index (Phi) is 4.65. The van der Waals surface area contributed by atoms with Gasteiger partial charge >= 0.3 is 0 Å². The van der Waals surface area contributed by atoms with Gasteiger partial charge in [0.25, 0.3) is 0 Å². The van der Waals surface area contributed by atoms with E-state index in [1.807, 2.05) is 0 Å². The lowest BCUT2D eigenvalue weighted by Crippen LogP contribution is -2.34. The molecule has 1 heterocycles. The first-order chi connectivity index (χ1) is 8.72. The molecule has 0 saturated carbocycles. The van der Waals surface area contributed by atoms with Gasteiger partial charge in [-0.05, 0) is 37.3 Å². The van der Waals surface area contributed by atoms with Crippen molar-refractivity contribution < 1.29 is 0 Å². The fraction of sp³-hybridized carbons (Fsp3) is 0.625. The van der Waals surface area contributed by atoms with E-state index in [1.165, 1.54) is 50.0 Å². The Bertz CT molecular complexity index is 365. The first-order valence-corrected chi connectivity index (χ1v) is 7.31. The second kappa shape index (κ2) is 6.24. The van der Waals surface area contributed by atoms with Gasteiger partial charge in [-0.2, -0.15) is 0 Å². The highest BCUT2D eigenvalue weighted by molar-refractivity contribution is 5.55. The number of rotatable bonds is 4. The van der Waals surface area contributed by atoms with Gasteiger partial charge in [0.2, 0.25) is 0 Å². The molecule has 0 bridgehead atoms. The van der Waals surface area contributed by atoms with Crippen LogP contribution in [-0.4, -0.2) is 13.1 Å². The zero-order valence-electron chi connectivity index (χ0n) is 11.7. The summed E-state index contributed by atoms with van der Waals surface area (Å²) in [4.78, 5) is 2.52. The number of piperidine rings is 1. The van der Waals surface area contributed by atoms with Crippen LogP contribution in [0.15, 0.2) is 24.3 Å². The van der Waals surface area contributed by atoms with Crippen molar-refractivity contribution in [1.82, 2.24) is 0 Å². The zero-order valence-corrected chi connectivity index (χ0v) is 11.7. The maximum atomic E-state index is 6.07. The van der Waals surface area contributed by atoms with E-state index in [0.717, 1.165) is 5.92 Å². The Labute approximate surface area is 111 Å². The summed E-state index contributed by atoms with van der Waals surface area (Å²) in [6.45, 7) is 6.74. The second-order valence-electron chi connectivity index (χ2n) is 5.57. The number of nitrogens with zero attached hydrogens (tertiary/aromatic N) is 1. The van der Waals surface area contributed by atoms with Crippen molar-refractivity contribution in [3.05, 3.63) is 29.8 Å². The largest absolute Gasteiger partial charge is 0.371 e. The third-order valence-electron chi connectivity index (χ3n) is 4.08. The van der Waals surface area contributed by atoms with Crippen LogP contribution in [0.5, 0.6) is 0 Å². The first-order valence-electron chi connectivity index (χ1n) is 7.31. The molecule has 0 unspecified atom stereocenters. The number of nitrogens with two attached hydrogens (primary N) is 1. The van der Waals surface area contributed by atoms with Crippen LogP contribution in [0.25, 0.3) is 0 Å². The second-order valence-corrected chi connectivity index (χ2v) is 5.57. The smallest absolute Gasteiger partial charge is 0.0414 e. The van der Waals surface area contributed by atoms with Crippen LogP contribution in [0.2, 0.25) is 0 Å². The van der Waals surface area contributed by atoms with Gasteiger partial charge in [-0.25, -0.2) is 0 Å². The minimum Gasteiger partial charge on any atom is -0.371 e. The van der Waals surface area contributed by atoms with Crippen LogP contribution in [0, 0.1) is 5.92 Å². The molecule has 0 amide bonds. The molecular weight excluding hydrogens is 220 g/mol. The highest BCUT2D eigenvalue weighted by Crippen LogP contribution is 2.30. The molecule has 2 nitrogen and oxygen atoms in total. The topological polar surface area (TPSA) is 29.3 Å². The maximum absolute atomic E-state index is 6.07. The molecule has 2 heteroatoms. The van der Waals surface area contributed by atoms with Crippen LogP contribution in [0.4, 0.5) is 5.69 Å². The van der Waals surface area contributed by atoms with Gasteiger partial charge in [0.1, 0.15) is 0 Å². The zero-order chi connectivity index (χ0) is 13.0. The molecular formula is C16H26N2. The van der Waals surface area contributed by atoms with Crippen molar-refractivity contribution in [3.63, 3.8) is 0 Å². The molecule has 0 aliphatic carbocycles. The lowest BCUT2D eigenvalue weighted by molar-refractivity contribution is 0.378. The fourth-order valence-corrected chi connectivity index (χ4v) is 3.03. The molecule has 1 saturated heterocycles. The van der Waals surface area contributed by atoms with E-state index in [4.69, 9.17) is 5.73 Å². The lowest BCUT2D eigenvalue weighted by atomic mass is 9.91. The van der Waals surface area contributed by atoms with E-state index in [9.17, 15) is 0 Å². The third-order valence-corrected chi connectivity index (χ3v) is 4.08. The molecule has 1 atom stereocenters. The van der Waals surface area contributed by atoms with Gasteiger partial charge in [-0.3, -0.25) is 0 Å². The Hall–Kier alpha value is -1.02. The van der Waals surface area contributed by atoms with E-state index in [1.54, 1.807) is 0 Å². The van der Waals surface area contributed by atoms with Gasteiger partial charge in [0.15, 0.2) is 0 Å². The molecule has 1 aliphatic heterocycles. The third kappa shape index (κ3) is 3.05. The average molecular weight is 246 g/mol. The number of para-hydroxylation sites is 1. The highest BCUT2D eigenvalue weighted by Gasteiger charge is 2.20. The summed E-state index contributed by atoms with van der Waals surface area (Å²) in [6.07, 6.45) is 5.38. The summed E-state index contributed by atoms with van der Waals surface area (Å²) < 4.78 is 0. The van der Waals surface area contributed by atoms with Gasteiger partial charge in [-0.1, -0.05) is 38.0 Å². The van der Waals surface area contributed by atoms with Crippen molar-refractivity contribution >= 4 is 5.69 Å². The average Bonchev–Trinajstić information content (AvgIpc) is 2.40. The standard InChI is InChI=1S/C16H26N2/c1-3-6-14-9-11-18(12-10-14)16-8-5-4-7-15(16)13(2)17/h4-5,7-8,13-14H,3,6,9-12,17H2,1-2H3/t13-/m1/s1. The molecule has 0 spiro atoms. The summed E-state index contributed by atoms with van der Waals surface area (Å²) in [7, 11) is 0. The quantitative estimate of drug-likeness (QED) is 0.877. The normalized spacial score (nSPS) is 18.9. The number of hydrogen-bond donors (Lipinski definition) is 1. The monoisotopic (exact) mass is 246 g/mol. The molecule has 1 aliphatic rings. The SMILES string of the molecule is CCCC1CCN(c2ccccc2[C@@H](C)N)CC1. The van der Waals surface area contributed by atoms with E-state index in [-0.39, 0.29) is 6.04 Å². The van der Waals surface area contributed by atoms with Crippen molar-refractivity contribution in [2.45, 2.75) is 45.6 Å². The Balaban J connectivity index is 2.05. The predicted molar refractivity (Wildman–Crippen MR) is 78.9 cm³/mol. The molecule has 18 heavy (non-hydrogen) atoms. The van der Waals surface area contributed by atoms with E-state index >= 15 is 0 Å². The van der Waals surface area contributed by atoms with Gasteiger partial charge < -0.3 is 10.6 Å². The van der Waals surface area contributed by atoms with Crippen LogP contribution in [0.1, 0.15) is 51.1 Å². The minimum atomic E-state index is 0.120. The molecule has 1 aromatic rings. The van der Waals surface area contributed by atoms with Crippen LogP contribution in [0.3, 0.4) is 0 Å². The summed E-state index contributed by atoms with van der Waals surface area (Å²) in [6, 6.07) is 8.72. The molecule has 1 aromatic carbocycles. The number of hydrogen-bond acceptors (Lipinski definition) is 2. The van der Waals surface area contributed by atoms with E-state index in [2.05, 4.69) is 43.0 Å². The Morgan fingerprint density at radius 1 is 1.28 bits per heavy atom. The molecule has 2 N–H and O–H groups in total. The molecule has 2 rings (SSSR count).